The molecule has 3 nitrogen and oxygen atoms in total. The minimum atomic E-state index is -2.16. The highest BCUT2D eigenvalue weighted by Gasteiger charge is 2.25. The van der Waals surface area contributed by atoms with Gasteiger partial charge >= 0.3 is 0 Å². The van der Waals surface area contributed by atoms with Crippen molar-refractivity contribution in [1.29, 1.82) is 0 Å². The predicted octanol–water partition coefficient (Wildman–Crippen LogP) is 1.90. The molecule has 0 amide bonds. The highest BCUT2D eigenvalue weighted by Crippen LogP contribution is 2.31. The molecule has 0 aromatic heterocycles. The first kappa shape index (κ1) is 11.2. The molecule has 14 heavy (non-hydrogen) atoms. The standard InChI is InChI=1S/C10H14O3S/c1-3-10(2,14(12)13)8-4-6-9(11)7-5-8/h4-7,11H,3H2,1-2H3,(H,12,13)/p-1. The monoisotopic (exact) mass is 213 g/mol. The van der Waals surface area contributed by atoms with Gasteiger partial charge in [0, 0.05) is 0 Å². The highest BCUT2D eigenvalue weighted by molar-refractivity contribution is 7.80. The first-order chi connectivity index (χ1) is 6.50. The van der Waals surface area contributed by atoms with Crippen molar-refractivity contribution in [2.45, 2.75) is 25.0 Å². The summed E-state index contributed by atoms with van der Waals surface area (Å²) >= 11 is -2.16. The van der Waals surface area contributed by atoms with E-state index in [0.717, 1.165) is 0 Å². The second kappa shape index (κ2) is 4.11. The Labute approximate surface area is 86.1 Å². The number of phenols is 1. The first-order valence-electron chi connectivity index (χ1n) is 4.39. The molecule has 0 fully saturated rings. The second-order valence-corrected chi connectivity index (χ2v) is 4.74. The minimum Gasteiger partial charge on any atom is -0.772 e. The molecular formula is C10H13O3S-. The molecule has 1 aromatic rings. The molecule has 1 N–H and O–H groups in total. The molecular weight excluding hydrogens is 200 g/mol. The third kappa shape index (κ3) is 1.96. The van der Waals surface area contributed by atoms with Crippen LogP contribution >= 0.6 is 0 Å². The van der Waals surface area contributed by atoms with E-state index in [-0.39, 0.29) is 5.75 Å². The van der Waals surface area contributed by atoms with Crippen molar-refractivity contribution in [2.24, 2.45) is 0 Å². The molecule has 1 aromatic carbocycles. The van der Waals surface area contributed by atoms with Crippen LogP contribution in [0.25, 0.3) is 0 Å². The van der Waals surface area contributed by atoms with Gasteiger partial charge in [-0.05, 0) is 42.1 Å². The Morgan fingerprint density at radius 2 is 1.93 bits per heavy atom. The summed E-state index contributed by atoms with van der Waals surface area (Å²) < 4.78 is 21.3. The SMILES string of the molecule is CCC(C)(c1ccc(O)cc1)S(=O)[O-]. The zero-order valence-corrected chi connectivity index (χ0v) is 9.00. The zero-order valence-electron chi connectivity index (χ0n) is 8.19. The maximum Gasteiger partial charge on any atom is 0.115 e. The van der Waals surface area contributed by atoms with E-state index >= 15 is 0 Å². The van der Waals surface area contributed by atoms with Gasteiger partial charge in [-0.3, -0.25) is 4.21 Å². The van der Waals surface area contributed by atoms with Gasteiger partial charge in [-0.15, -0.1) is 0 Å². The maximum atomic E-state index is 11.1. The minimum absolute atomic E-state index is 0.142. The van der Waals surface area contributed by atoms with Gasteiger partial charge in [0.05, 0.1) is 4.75 Å². The summed E-state index contributed by atoms with van der Waals surface area (Å²) in [6, 6.07) is 6.26. The normalized spacial score (nSPS) is 17.4. The topological polar surface area (TPSA) is 60.4 Å². The lowest BCUT2D eigenvalue weighted by atomic mass is 9.97. The Kier molecular flexibility index (Phi) is 3.29. The molecule has 0 spiro atoms. The number of rotatable bonds is 3. The van der Waals surface area contributed by atoms with Crippen LogP contribution in [0.4, 0.5) is 0 Å². The van der Waals surface area contributed by atoms with Crippen molar-refractivity contribution in [3.8, 4) is 5.75 Å². The van der Waals surface area contributed by atoms with E-state index in [1.807, 2.05) is 6.92 Å². The molecule has 0 saturated carbocycles. The predicted molar refractivity (Wildman–Crippen MR) is 54.7 cm³/mol. The quantitative estimate of drug-likeness (QED) is 0.780. The lowest BCUT2D eigenvalue weighted by molar-refractivity contribution is 0.470. The molecule has 0 aliphatic rings. The average molecular weight is 213 g/mol. The van der Waals surface area contributed by atoms with Crippen LogP contribution in [-0.2, 0) is 15.8 Å². The van der Waals surface area contributed by atoms with Crippen molar-refractivity contribution in [3.63, 3.8) is 0 Å². The van der Waals surface area contributed by atoms with E-state index in [9.17, 15) is 8.76 Å². The zero-order chi connectivity index (χ0) is 10.8. The molecule has 2 atom stereocenters. The van der Waals surface area contributed by atoms with Gasteiger partial charge in [0.1, 0.15) is 5.75 Å². The van der Waals surface area contributed by atoms with Crippen molar-refractivity contribution in [1.82, 2.24) is 0 Å². The Hall–Kier alpha value is -0.870. The largest absolute Gasteiger partial charge is 0.772 e. The van der Waals surface area contributed by atoms with Gasteiger partial charge in [-0.2, -0.15) is 0 Å². The molecule has 0 heterocycles. The van der Waals surface area contributed by atoms with E-state index in [2.05, 4.69) is 0 Å². The summed E-state index contributed by atoms with van der Waals surface area (Å²) in [4.78, 5) is 0. The lowest BCUT2D eigenvalue weighted by Gasteiger charge is -2.31. The molecule has 1 rings (SSSR count). The summed E-state index contributed by atoms with van der Waals surface area (Å²) in [7, 11) is 0. The Morgan fingerprint density at radius 3 is 2.29 bits per heavy atom. The van der Waals surface area contributed by atoms with Crippen molar-refractivity contribution < 1.29 is 13.9 Å². The third-order valence-corrected chi connectivity index (χ3v) is 3.78. The van der Waals surface area contributed by atoms with Crippen LogP contribution in [0.1, 0.15) is 25.8 Å². The van der Waals surface area contributed by atoms with Gasteiger partial charge < -0.3 is 9.66 Å². The average Bonchev–Trinajstić information content (AvgIpc) is 2.17. The fraction of sp³-hybridized carbons (Fsp3) is 0.400. The Balaban J connectivity index is 3.13. The van der Waals surface area contributed by atoms with E-state index < -0.39 is 15.8 Å². The van der Waals surface area contributed by atoms with E-state index in [1.165, 1.54) is 12.1 Å². The number of hydrogen-bond acceptors (Lipinski definition) is 3. The Morgan fingerprint density at radius 1 is 1.43 bits per heavy atom. The maximum absolute atomic E-state index is 11.1. The summed E-state index contributed by atoms with van der Waals surface area (Å²) in [5.74, 6) is 0.142. The summed E-state index contributed by atoms with van der Waals surface area (Å²) in [6.45, 7) is 3.49. The van der Waals surface area contributed by atoms with Crippen LogP contribution in [0.3, 0.4) is 0 Å². The van der Waals surface area contributed by atoms with Crippen molar-refractivity contribution in [3.05, 3.63) is 29.8 Å². The first-order valence-corrected chi connectivity index (χ1v) is 5.47. The molecule has 0 saturated heterocycles. The molecule has 4 heteroatoms. The van der Waals surface area contributed by atoms with Crippen LogP contribution < -0.4 is 0 Å². The van der Waals surface area contributed by atoms with Gasteiger partial charge in [-0.1, -0.05) is 19.1 Å². The molecule has 0 radical (unpaired) electrons. The van der Waals surface area contributed by atoms with Crippen molar-refractivity contribution in [2.75, 3.05) is 0 Å². The fourth-order valence-electron chi connectivity index (χ4n) is 1.23. The van der Waals surface area contributed by atoms with E-state index in [4.69, 9.17) is 5.11 Å². The summed E-state index contributed by atoms with van der Waals surface area (Å²) in [6.07, 6.45) is 0.508. The van der Waals surface area contributed by atoms with Crippen LogP contribution in [0, 0.1) is 0 Å². The van der Waals surface area contributed by atoms with Gasteiger partial charge in [0.2, 0.25) is 0 Å². The lowest BCUT2D eigenvalue weighted by Crippen LogP contribution is -2.26. The Bertz CT molecular complexity index is 334. The molecule has 2 unspecified atom stereocenters. The van der Waals surface area contributed by atoms with E-state index in [0.29, 0.717) is 12.0 Å². The van der Waals surface area contributed by atoms with E-state index in [1.54, 1.807) is 19.1 Å². The molecule has 78 valence electrons. The highest BCUT2D eigenvalue weighted by atomic mass is 32.2. The van der Waals surface area contributed by atoms with Gasteiger partial charge in [0.25, 0.3) is 0 Å². The van der Waals surface area contributed by atoms with Crippen LogP contribution in [0.5, 0.6) is 5.75 Å². The molecule has 0 aliphatic carbocycles. The van der Waals surface area contributed by atoms with Gasteiger partial charge in [0.15, 0.2) is 0 Å². The molecule has 0 aliphatic heterocycles. The summed E-state index contributed by atoms with van der Waals surface area (Å²) in [5, 5.41) is 9.08. The van der Waals surface area contributed by atoms with Gasteiger partial charge in [-0.25, -0.2) is 0 Å². The van der Waals surface area contributed by atoms with Crippen molar-refractivity contribution >= 4 is 11.1 Å². The molecule has 0 bridgehead atoms. The number of phenolic OH excluding ortho intramolecular Hbond substituents is 1. The number of hydrogen-bond donors (Lipinski definition) is 1. The van der Waals surface area contributed by atoms with Crippen LogP contribution in [0.2, 0.25) is 0 Å². The van der Waals surface area contributed by atoms with Crippen LogP contribution in [-0.4, -0.2) is 13.9 Å². The smallest absolute Gasteiger partial charge is 0.115 e. The summed E-state index contributed by atoms with van der Waals surface area (Å²) in [5.41, 5.74) is 0.700. The number of aromatic hydroxyl groups is 1. The number of benzene rings is 1. The second-order valence-electron chi connectivity index (χ2n) is 3.37. The van der Waals surface area contributed by atoms with Crippen LogP contribution in [0.15, 0.2) is 24.3 Å². The third-order valence-electron chi connectivity index (χ3n) is 2.52. The fourth-order valence-corrected chi connectivity index (χ4v) is 1.80.